The first-order chi connectivity index (χ1) is 11.7. The van der Waals surface area contributed by atoms with Crippen LogP contribution in [0.2, 0.25) is 0 Å². The van der Waals surface area contributed by atoms with Gasteiger partial charge in [0.1, 0.15) is 11.6 Å². The monoisotopic (exact) mass is 326 g/mol. The average Bonchev–Trinajstić information content (AvgIpc) is 3.27. The molecule has 3 heterocycles. The predicted molar refractivity (Wildman–Crippen MR) is 90.9 cm³/mol. The summed E-state index contributed by atoms with van der Waals surface area (Å²) in [5.41, 5.74) is 8.42. The second-order valence-corrected chi connectivity index (χ2v) is 5.68. The van der Waals surface area contributed by atoms with Gasteiger partial charge in [-0.1, -0.05) is 0 Å². The van der Waals surface area contributed by atoms with Crippen molar-refractivity contribution in [1.29, 1.82) is 0 Å². The summed E-state index contributed by atoms with van der Waals surface area (Å²) in [7, 11) is 1.63. The van der Waals surface area contributed by atoms with Gasteiger partial charge in [0.2, 0.25) is 5.95 Å². The normalized spacial score (nSPS) is 17.3. The largest absolute Gasteiger partial charge is 0.496 e. The van der Waals surface area contributed by atoms with Crippen LogP contribution in [0.4, 0.5) is 11.8 Å². The minimum absolute atomic E-state index is 0.208. The lowest BCUT2D eigenvalue weighted by atomic mass is 10.1. The summed E-state index contributed by atoms with van der Waals surface area (Å²) in [6.07, 6.45) is 2.63. The van der Waals surface area contributed by atoms with Crippen LogP contribution in [0.5, 0.6) is 5.75 Å². The zero-order valence-corrected chi connectivity index (χ0v) is 13.2. The Labute approximate surface area is 138 Å². The highest BCUT2D eigenvalue weighted by atomic mass is 16.5. The molecule has 0 spiro atoms. The number of nitrogens with zero attached hydrogens (tertiary/aromatic N) is 3. The van der Waals surface area contributed by atoms with Crippen LogP contribution in [-0.2, 0) is 4.74 Å². The van der Waals surface area contributed by atoms with Crippen LogP contribution in [0.25, 0.3) is 22.2 Å². The Bertz CT molecular complexity index is 859. The number of nitrogen functional groups attached to an aromatic ring is 1. The first-order valence-corrected chi connectivity index (χ1v) is 7.74. The zero-order chi connectivity index (χ0) is 16.5. The molecule has 24 heavy (non-hydrogen) atoms. The van der Waals surface area contributed by atoms with Gasteiger partial charge >= 0.3 is 0 Å². The van der Waals surface area contributed by atoms with Gasteiger partial charge in [0, 0.05) is 18.4 Å². The van der Waals surface area contributed by atoms with Gasteiger partial charge in [-0.05, 0) is 24.6 Å². The van der Waals surface area contributed by atoms with E-state index in [1.807, 2.05) is 18.2 Å². The Morgan fingerprint density at radius 2 is 2.29 bits per heavy atom. The maximum Gasteiger partial charge on any atom is 0.222 e. The van der Waals surface area contributed by atoms with Crippen molar-refractivity contribution >= 4 is 22.7 Å². The van der Waals surface area contributed by atoms with Crippen molar-refractivity contribution in [3.8, 4) is 17.0 Å². The van der Waals surface area contributed by atoms with E-state index in [-0.39, 0.29) is 12.0 Å². The molecular formula is C16H18N6O2. The molecule has 2 aromatic heterocycles. The maximum atomic E-state index is 5.90. The molecule has 1 atom stereocenters. The number of ether oxygens (including phenoxy) is 2. The third kappa shape index (κ3) is 2.61. The molecule has 0 aliphatic carbocycles. The Balaban J connectivity index is 1.87. The minimum atomic E-state index is 0.208. The molecule has 0 amide bonds. The molecule has 0 bridgehead atoms. The molecule has 4 N–H and O–H groups in total. The highest BCUT2D eigenvalue weighted by molar-refractivity contribution is 5.98. The molecule has 124 valence electrons. The second kappa shape index (κ2) is 5.97. The molecule has 1 saturated heterocycles. The van der Waals surface area contributed by atoms with Crippen LogP contribution < -0.4 is 15.8 Å². The van der Waals surface area contributed by atoms with Crippen LogP contribution >= 0.6 is 0 Å². The van der Waals surface area contributed by atoms with Crippen molar-refractivity contribution < 1.29 is 9.47 Å². The third-order valence-electron chi connectivity index (χ3n) is 4.08. The molecule has 1 aliphatic rings. The van der Waals surface area contributed by atoms with Gasteiger partial charge in [-0.25, -0.2) is 4.98 Å². The predicted octanol–water partition coefficient (Wildman–Crippen LogP) is 1.81. The maximum absolute atomic E-state index is 5.90. The fourth-order valence-electron chi connectivity index (χ4n) is 2.93. The topological polar surface area (TPSA) is 111 Å². The summed E-state index contributed by atoms with van der Waals surface area (Å²) in [6, 6.07) is 5.98. The van der Waals surface area contributed by atoms with Crippen molar-refractivity contribution in [2.75, 3.05) is 31.4 Å². The summed E-state index contributed by atoms with van der Waals surface area (Å²) < 4.78 is 11.0. The zero-order valence-electron chi connectivity index (χ0n) is 13.2. The van der Waals surface area contributed by atoms with Crippen LogP contribution in [0.15, 0.2) is 24.4 Å². The average molecular weight is 326 g/mol. The Morgan fingerprint density at radius 1 is 1.38 bits per heavy atom. The molecule has 0 radical (unpaired) electrons. The number of anilines is 2. The number of aromatic amines is 1. The number of nitrogens with two attached hydrogens (primary N) is 1. The van der Waals surface area contributed by atoms with Crippen molar-refractivity contribution in [2.24, 2.45) is 0 Å². The van der Waals surface area contributed by atoms with E-state index in [2.05, 4.69) is 25.5 Å². The SMILES string of the molecule is COc1cc(-c2ccn[nH]2)cc2nc(N)nc(N[C@@H]3CCOC3)c12. The van der Waals surface area contributed by atoms with Crippen molar-refractivity contribution in [2.45, 2.75) is 12.5 Å². The van der Waals surface area contributed by atoms with Crippen LogP contribution in [-0.4, -0.2) is 46.5 Å². The number of methoxy groups -OCH3 is 1. The van der Waals surface area contributed by atoms with Gasteiger partial charge < -0.3 is 20.5 Å². The summed E-state index contributed by atoms with van der Waals surface area (Å²) in [6.45, 7) is 1.40. The minimum Gasteiger partial charge on any atom is -0.496 e. The molecule has 3 aromatic rings. The van der Waals surface area contributed by atoms with E-state index in [1.54, 1.807) is 13.3 Å². The highest BCUT2D eigenvalue weighted by Crippen LogP contribution is 2.35. The number of hydrogen-bond acceptors (Lipinski definition) is 7. The summed E-state index contributed by atoms with van der Waals surface area (Å²) >= 11 is 0. The van der Waals surface area contributed by atoms with Gasteiger partial charge in [-0.3, -0.25) is 5.10 Å². The molecule has 4 rings (SSSR count). The van der Waals surface area contributed by atoms with Gasteiger partial charge in [-0.2, -0.15) is 10.1 Å². The molecule has 1 aliphatic heterocycles. The van der Waals surface area contributed by atoms with E-state index in [9.17, 15) is 0 Å². The van der Waals surface area contributed by atoms with Crippen LogP contribution in [0, 0.1) is 0 Å². The first-order valence-electron chi connectivity index (χ1n) is 7.74. The highest BCUT2D eigenvalue weighted by Gasteiger charge is 2.20. The lowest BCUT2D eigenvalue weighted by Gasteiger charge is -2.16. The van der Waals surface area contributed by atoms with E-state index < -0.39 is 0 Å². The van der Waals surface area contributed by atoms with E-state index in [4.69, 9.17) is 15.2 Å². The van der Waals surface area contributed by atoms with Crippen molar-refractivity contribution in [3.63, 3.8) is 0 Å². The lowest BCUT2D eigenvalue weighted by molar-refractivity contribution is 0.195. The number of fused-ring (bicyclic) bond motifs is 1. The Hall–Kier alpha value is -2.87. The Morgan fingerprint density at radius 3 is 3.00 bits per heavy atom. The quantitative estimate of drug-likeness (QED) is 0.670. The number of H-pyrrole nitrogens is 1. The number of aromatic nitrogens is 4. The van der Waals surface area contributed by atoms with E-state index in [1.165, 1.54) is 0 Å². The Kier molecular flexibility index (Phi) is 3.66. The second-order valence-electron chi connectivity index (χ2n) is 5.68. The summed E-state index contributed by atoms with van der Waals surface area (Å²) in [4.78, 5) is 8.74. The first kappa shape index (κ1) is 14.7. The molecule has 1 fully saturated rings. The lowest BCUT2D eigenvalue weighted by Crippen LogP contribution is -2.20. The fourth-order valence-corrected chi connectivity index (χ4v) is 2.93. The molecular weight excluding hydrogens is 308 g/mol. The van der Waals surface area contributed by atoms with Gasteiger partial charge in [-0.15, -0.1) is 0 Å². The molecule has 0 saturated carbocycles. The standard InChI is InChI=1S/C16H18N6O2/c1-23-13-7-9(11-2-4-18-22-11)6-12-14(13)15(21-16(17)20-12)19-10-3-5-24-8-10/h2,4,6-7,10H,3,5,8H2,1H3,(H,18,22)(H3,17,19,20,21)/t10-/m1/s1. The summed E-state index contributed by atoms with van der Waals surface area (Å²) in [5, 5.41) is 11.1. The number of hydrogen-bond donors (Lipinski definition) is 3. The third-order valence-corrected chi connectivity index (χ3v) is 4.08. The van der Waals surface area contributed by atoms with Crippen molar-refractivity contribution in [3.05, 3.63) is 24.4 Å². The number of benzene rings is 1. The van der Waals surface area contributed by atoms with Crippen LogP contribution in [0.3, 0.4) is 0 Å². The molecule has 1 aromatic carbocycles. The van der Waals surface area contributed by atoms with Crippen molar-refractivity contribution in [1.82, 2.24) is 20.2 Å². The fraction of sp³-hybridized carbons (Fsp3) is 0.312. The number of rotatable bonds is 4. The molecule has 8 nitrogen and oxygen atoms in total. The van der Waals surface area contributed by atoms with E-state index in [0.717, 1.165) is 29.7 Å². The van der Waals surface area contributed by atoms with Crippen LogP contribution in [0.1, 0.15) is 6.42 Å². The van der Waals surface area contributed by atoms with E-state index in [0.29, 0.717) is 23.7 Å². The van der Waals surface area contributed by atoms with Gasteiger partial charge in [0.25, 0.3) is 0 Å². The summed E-state index contributed by atoms with van der Waals surface area (Å²) in [5.74, 6) is 1.56. The number of nitrogens with one attached hydrogen (secondary N) is 2. The smallest absolute Gasteiger partial charge is 0.222 e. The van der Waals surface area contributed by atoms with Gasteiger partial charge in [0.05, 0.1) is 36.4 Å². The van der Waals surface area contributed by atoms with Gasteiger partial charge in [0.15, 0.2) is 0 Å². The molecule has 8 heteroatoms. The van der Waals surface area contributed by atoms with E-state index >= 15 is 0 Å². The molecule has 0 unspecified atom stereocenters.